The van der Waals surface area contributed by atoms with Gasteiger partial charge in [-0.3, -0.25) is 9.59 Å². The van der Waals surface area contributed by atoms with Crippen molar-refractivity contribution in [3.63, 3.8) is 0 Å². The second-order valence-corrected chi connectivity index (χ2v) is 10.4. The summed E-state index contributed by atoms with van der Waals surface area (Å²) in [5.74, 6) is -1.41. The van der Waals surface area contributed by atoms with Gasteiger partial charge in [-0.2, -0.15) is 4.99 Å². The fourth-order valence-corrected chi connectivity index (χ4v) is 5.57. The molecule has 1 amide bonds. The second kappa shape index (κ2) is 11.5. The molecule has 0 bridgehead atoms. The summed E-state index contributed by atoms with van der Waals surface area (Å²) in [5, 5.41) is 1.20. The number of hydrogen-bond donors (Lipinski definition) is 0. The summed E-state index contributed by atoms with van der Waals surface area (Å²) in [6, 6.07) is 18.3. The summed E-state index contributed by atoms with van der Waals surface area (Å²) in [7, 11) is 0. The van der Waals surface area contributed by atoms with Crippen molar-refractivity contribution in [3.05, 3.63) is 117 Å². The molecule has 0 saturated carbocycles. The molecule has 1 fully saturated rings. The molecule has 0 spiro atoms. The van der Waals surface area contributed by atoms with Gasteiger partial charge >= 0.3 is 0 Å². The molecule has 1 saturated heterocycles. The van der Waals surface area contributed by atoms with Crippen molar-refractivity contribution >= 4 is 51.4 Å². The summed E-state index contributed by atoms with van der Waals surface area (Å²) in [6.45, 7) is 1.69. The third kappa shape index (κ3) is 5.95. The van der Waals surface area contributed by atoms with Crippen molar-refractivity contribution in [1.29, 1.82) is 0 Å². The zero-order valence-corrected chi connectivity index (χ0v) is 21.9. The predicted octanol–water partition coefficient (Wildman–Crippen LogP) is 7.41. The normalized spacial score (nSPS) is 17.1. The van der Waals surface area contributed by atoms with Gasteiger partial charge in [0.2, 0.25) is 0 Å². The Balaban J connectivity index is 1.60. The summed E-state index contributed by atoms with van der Waals surface area (Å²) < 4.78 is 27.2. The van der Waals surface area contributed by atoms with Crippen molar-refractivity contribution in [1.82, 2.24) is 4.90 Å². The number of Topliss-reactive ketones (excluding diaryl/α,β-unsaturated/α-hetero) is 1. The van der Waals surface area contributed by atoms with Crippen molar-refractivity contribution in [2.45, 2.75) is 19.3 Å². The van der Waals surface area contributed by atoms with Crippen molar-refractivity contribution in [2.75, 3.05) is 13.1 Å². The lowest BCUT2D eigenvalue weighted by Gasteiger charge is -2.16. The number of amidine groups is 1. The van der Waals surface area contributed by atoms with Gasteiger partial charge in [-0.05, 0) is 95.9 Å². The second-order valence-electron chi connectivity index (χ2n) is 9.03. The molecule has 3 aromatic carbocycles. The maximum atomic E-state index is 13.8. The van der Waals surface area contributed by atoms with Gasteiger partial charge in [0.1, 0.15) is 11.6 Å². The van der Waals surface area contributed by atoms with Gasteiger partial charge in [0.05, 0.1) is 4.91 Å². The van der Waals surface area contributed by atoms with Crippen LogP contribution in [-0.4, -0.2) is 34.8 Å². The summed E-state index contributed by atoms with van der Waals surface area (Å²) in [6.07, 6.45) is 3.87. The highest BCUT2D eigenvalue weighted by atomic mass is 35.5. The predicted molar refractivity (Wildman–Crippen MR) is 149 cm³/mol. The van der Waals surface area contributed by atoms with Crippen LogP contribution < -0.4 is 0 Å². The number of likely N-dealkylation sites (tertiary alicyclic amines) is 1. The number of carbonyl (C=O) groups is 2. The van der Waals surface area contributed by atoms with E-state index < -0.39 is 11.6 Å². The number of allylic oxidation sites excluding steroid dienone is 3. The van der Waals surface area contributed by atoms with E-state index in [-0.39, 0.29) is 18.1 Å². The number of rotatable bonds is 6. The molecule has 38 heavy (non-hydrogen) atoms. The Morgan fingerprint density at radius 1 is 0.868 bits per heavy atom. The minimum Gasteiger partial charge on any atom is -0.351 e. The first-order valence-corrected chi connectivity index (χ1v) is 13.4. The average Bonchev–Trinajstić information content (AvgIpc) is 3.58. The number of nitrogens with zero attached hydrogens (tertiary/aromatic N) is 2. The van der Waals surface area contributed by atoms with Gasteiger partial charge in [0, 0.05) is 35.7 Å². The summed E-state index contributed by atoms with van der Waals surface area (Å²) in [4.78, 5) is 33.2. The van der Waals surface area contributed by atoms with E-state index in [9.17, 15) is 18.4 Å². The summed E-state index contributed by atoms with van der Waals surface area (Å²) >= 11 is 7.42. The number of benzene rings is 3. The van der Waals surface area contributed by atoms with Crippen LogP contribution in [-0.2, 0) is 4.79 Å². The standard InChI is InChI=1S/C30H23ClF2N2O2S/c31-23-9-3-19(4-10-23)22(18-27(36)21-7-13-25(33)14-8-21)17-26(20-5-11-24(32)12-6-20)28-29(37)34-30(38-28)35-15-1-2-16-35/h3-14,17H,1-2,15-16,18H2/b22-17+,28-26-. The topological polar surface area (TPSA) is 49.7 Å². The molecule has 0 radical (unpaired) electrons. The van der Waals surface area contributed by atoms with Crippen LogP contribution in [0.1, 0.15) is 40.7 Å². The molecule has 5 rings (SSSR count). The molecule has 0 N–H and O–H groups in total. The van der Waals surface area contributed by atoms with E-state index in [4.69, 9.17) is 11.6 Å². The van der Waals surface area contributed by atoms with Crippen molar-refractivity contribution in [2.24, 2.45) is 4.99 Å². The van der Waals surface area contributed by atoms with E-state index >= 15 is 0 Å². The Bertz CT molecular complexity index is 1460. The van der Waals surface area contributed by atoms with Crippen molar-refractivity contribution in [3.8, 4) is 0 Å². The lowest BCUT2D eigenvalue weighted by atomic mass is 9.93. The number of hydrogen-bond acceptors (Lipinski definition) is 4. The number of ketones is 1. The number of aliphatic imine (C=N–C) groups is 1. The molecule has 192 valence electrons. The zero-order valence-electron chi connectivity index (χ0n) is 20.3. The quantitative estimate of drug-likeness (QED) is 0.238. The molecular weight excluding hydrogens is 526 g/mol. The molecule has 8 heteroatoms. The van der Waals surface area contributed by atoms with E-state index in [1.54, 1.807) is 42.5 Å². The van der Waals surface area contributed by atoms with E-state index in [0.717, 1.165) is 31.5 Å². The van der Waals surface area contributed by atoms with Crippen LogP contribution in [0.3, 0.4) is 0 Å². The van der Waals surface area contributed by atoms with E-state index in [1.165, 1.54) is 48.2 Å². The fraction of sp³-hybridized carbons (Fsp3) is 0.167. The maximum Gasteiger partial charge on any atom is 0.286 e. The van der Waals surface area contributed by atoms with E-state index in [2.05, 4.69) is 9.89 Å². The first kappa shape index (κ1) is 26.1. The largest absolute Gasteiger partial charge is 0.351 e. The average molecular weight is 549 g/mol. The SMILES string of the molecule is O=C1N=C(N2CCCC2)S/C1=C(/C=C(\CC(=O)c1ccc(F)cc1)c1ccc(Cl)cc1)c1ccc(F)cc1. The van der Waals surface area contributed by atoms with Gasteiger partial charge in [0.25, 0.3) is 5.91 Å². The zero-order chi connectivity index (χ0) is 26.6. The molecular formula is C30H23ClF2N2O2S. The van der Waals surface area contributed by atoms with Crippen LogP contribution in [0.5, 0.6) is 0 Å². The number of halogens is 3. The van der Waals surface area contributed by atoms with Crippen LogP contribution in [0.4, 0.5) is 8.78 Å². The Morgan fingerprint density at radius 3 is 2.03 bits per heavy atom. The van der Waals surface area contributed by atoms with E-state index in [1.807, 2.05) is 0 Å². The lowest BCUT2D eigenvalue weighted by Crippen LogP contribution is -2.23. The number of amides is 1. The van der Waals surface area contributed by atoms with Crippen LogP contribution in [0.25, 0.3) is 11.1 Å². The minimum atomic E-state index is -0.427. The Morgan fingerprint density at radius 2 is 1.42 bits per heavy atom. The highest BCUT2D eigenvalue weighted by Gasteiger charge is 2.30. The number of carbonyl (C=O) groups excluding carboxylic acids is 2. The third-order valence-electron chi connectivity index (χ3n) is 6.41. The van der Waals surface area contributed by atoms with Gasteiger partial charge in [-0.15, -0.1) is 0 Å². The molecule has 2 aliphatic heterocycles. The number of thioether (sulfide) groups is 1. The monoisotopic (exact) mass is 548 g/mol. The minimum absolute atomic E-state index is 0.00998. The molecule has 0 aromatic heterocycles. The third-order valence-corrected chi connectivity index (χ3v) is 7.79. The van der Waals surface area contributed by atoms with Crippen LogP contribution in [0, 0.1) is 11.6 Å². The Hall–Kier alpha value is -3.55. The molecule has 3 aromatic rings. The van der Waals surface area contributed by atoms with Crippen molar-refractivity contribution < 1.29 is 18.4 Å². The smallest absolute Gasteiger partial charge is 0.286 e. The molecule has 0 atom stereocenters. The molecule has 0 aliphatic carbocycles. The highest BCUT2D eigenvalue weighted by molar-refractivity contribution is 8.18. The highest BCUT2D eigenvalue weighted by Crippen LogP contribution is 2.38. The lowest BCUT2D eigenvalue weighted by molar-refractivity contribution is -0.113. The first-order valence-electron chi connectivity index (χ1n) is 12.2. The van der Waals surface area contributed by atoms with Gasteiger partial charge in [-0.25, -0.2) is 8.78 Å². The van der Waals surface area contributed by atoms with Crippen LogP contribution >= 0.6 is 23.4 Å². The molecule has 0 unspecified atom stereocenters. The van der Waals surface area contributed by atoms with Crippen LogP contribution in [0.2, 0.25) is 5.02 Å². The molecule has 4 nitrogen and oxygen atoms in total. The summed E-state index contributed by atoms with van der Waals surface area (Å²) in [5.41, 5.74) is 2.91. The van der Waals surface area contributed by atoms with Gasteiger partial charge in [-0.1, -0.05) is 35.9 Å². The van der Waals surface area contributed by atoms with Gasteiger partial charge in [0.15, 0.2) is 11.0 Å². The Kier molecular flexibility index (Phi) is 7.86. The maximum absolute atomic E-state index is 13.8. The van der Waals surface area contributed by atoms with E-state index in [0.29, 0.717) is 37.4 Å². The first-order chi connectivity index (χ1) is 18.4. The fourth-order valence-electron chi connectivity index (χ4n) is 4.40. The Labute approximate surface area is 228 Å². The van der Waals surface area contributed by atoms with Crippen LogP contribution in [0.15, 0.2) is 88.8 Å². The molecule has 2 aliphatic rings. The molecule has 2 heterocycles. The van der Waals surface area contributed by atoms with Gasteiger partial charge < -0.3 is 4.90 Å².